The summed E-state index contributed by atoms with van der Waals surface area (Å²) in [4.78, 5) is 24.3. The Balaban J connectivity index is 1.54. The minimum absolute atomic E-state index is 0.000376. The predicted octanol–water partition coefficient (Wildman–Crippen LogP) is 4.23. The lowest BCUT2D eigenvalue weighted by Gasteiger charge is -2.12. The van der Waals surface area contributed by atoms with E-state index in [1.807, 2.05) is 44.2 Å². The molecule has 0 aliphatic carbocycles. The molecule has 0 fully saturated rings. The van der Waals surface area contributed by atoms with E-state index < -0.39 is 11.8 Å². The van der Waals surface area contributed by atoms with E-state index >= 15 is 0 Å². The molecule has 0 heterocycles. The largest absolute Gasteiger partial charge is 0.491 e. The summed E-state index contributed by atoms with van der Waals surface area (Å²) < 4.78 is 11.9. The van der Waals surface area contributed by atoms with Crippen molar-refractivity contribution in [3.63, 3.8) is 0 Å². The van der Waals surface area contributed by atoms with Crippen LogP contribution in [0.25, 0.3) is 10.8 Å². The van der Waals surface area contributed by atoms with Crippen LogP contribution in [0.2, 0.25) is 0 Å². The summed E-state index contributed by atoms with van der Waals surface area (Å²) >= 11 is 3.51. The maximum atomic E-state index is 12.2. The highest BCUT2D eigenvalue weighted by Gasteiger charge is 2.11. The van der Waals surface area contributed by atoms with Gasteiger partial charge < -0.3 is 9.47 Å². The highest BCUT2D eigenvalue weighted by atomic mass is 79.9. The van der Waals surface area contributed by atoms with E-state index in [1.54, 1.807) is 30.3 Å². The Morgan fingerprint density at radius 3 is 2.59 bits per heavy atom. The molecule has 3 aromatic carbocycles. The molecule has 0 bridgehead atoms. The first-order valence-electron chi connectivity index (χ1n) is 9.10. The number of hydrazine groups is 1. The number of amides is 2. The average Bonchev–Trinajstić information content (AvgIpc) is 2.71. The number of carbonyl (C=O) groups is 2. The minimum Gasteiger partial charge on any atom is -0.491 e. The molecular formula is C22H21BrN2O4. The van der Waals surface area contributed by atoms with E-state index in [4.69, 9.17) is 9.47 Å². The summed E-state index contributed by atoms with van der Waals surface area (Å²) in [7, 11) is 0. The molecule has 3 aromatic rings. The van der Waals surface area contributed by atoms with Crippen LogP contribution in [0.1, 0.15) is 24.2 Å². The fraction of sp³-hybridized carbons (Fsp3) is 0.182. The molecule has 0 saturated carbocycles. The number of hydrogen-bond acceptors (Lipinski definition) is 4. The van der Waals surface area contributed by atoms with Gasteiger partial charge in [-0.2, -0.15) is 0 Å². The van der Waals surface area contributed by atoms with Crippen LogP contribution in [0, 0.1) is 0 Å². The lowest BCUT2D eigenvalue weighted by atomic mass is 10.1. The highest BCUT2D eigenvalue weighted by Crippen LogP contribution is 2.32. The van der Waals surface area contributed by atoms with Crippen LogP contribution in [-0.2, 0) is 4.79 Å². The van der Waals surface area contributed by atoms with Crippen molar-refractivity contribution in [3.8, 4) is 11.5 Å². The van der Waals surface area contributed by atoms with E-state index in [0.29, 0.717) is 17.1 Å². The third-order valence-corrected chi connectivity index (χ3v) is 4.79. The first kappa shape index (κ1) is 20.7. The Hall–Kier alpha value is -3.06. The molecule has 7 heteroatoms. The standard InChI is InChI=1S/C22H21BrN2O4/c1-14(2)29-17-8-5-7-16(12-17)22(27)25-24-20(26)13-28-19-11-10-15-6-3-4-9-18(15)21(19)23/h3-12,14H,13H2,1-2H3,(H,24,26)(H,25,27). The molecule has 3 rings (SSSR count). The smallest absolute Gasteiger partial charge is 0.276 e. The molecule has 0 aliphatic heterocycles. The van der Waals surface area contributed by atoms with Gasteiger partial charge in [0.1, 0.15) is 11.5 Å². The van der Waals surface area contributed by atoms with E-state index in [9.17, 15) is 9.59 Å². The Kier molecular flexibility index (Phi) is 6.72. The van der Waals surface area contributed by atoms with Gasteiger partial charge in [-0.15, -0.1) is 0 Å². The lowest BCUT2D eigenvalue weighted by Crippen LogP contribution is -2.43. The number of benzene rings is 3. The molecule has 0 radical (unpaired) electrons. The molecule has 2 amide bonds. The van der Waals surface area contributed by atoms with Gasteiger partial charge in [-0.1, -0.05) is 36.4 Å². The lowest BCUT2D eigenvalue weighted by molar-refractivity contribution is -0.123. The van der Waals surface area contributed by atoms with Crippen LogP contribution >= 0.6 is 15.9 Å². The van der Waals surface area contributed by atoms with Crippen molar-refractivity contribution in [2.75, 3.05) is 6.61 Å². The van der Waals surface area contributed by atoms with Crippen LogP contribution in [0.3, 0.4) is 0 Å². The number of rotatable bonds is 6. The molecule has 0 aromatic heterocycles. The monoisotopic (exact) mass is 456 g/mol. The molecule has 0 aliphatic rings. The molecular weight excluding hydrogens is 436 g/mol. The van der Waals surface area contributed by atoms with Crippen LogP contribution in [0.5, 0.6) is 11.5 Å². The van der Waals surface area contributed by atoms with Crippen molar-refractivity contribution in [1.82, 2.24) is 10.9 Å². The molecule has 0 atom stereocenters. The van der Waals surface area contributed by atoms with Gasteiger partial charge in [-0.05, 0) is 64.8 Å². The number of fused-ring (bicyclic) bond motifs is 1. The average molecular weight is 457 g/mol. The summed E-state index contributed by atoms with van der Waals surface area (Å²) in [6.07, 6.45) is -0.000376. The van der Waals surface area contributed by atoms with Crippen molar-refractivity contribution in [2.45, 2.75) is 20.0 Å². The summed E-state index contributed by atoms with van der Waals surface area (Å²) in [6, 6.07) is 18.3. The van der Waals surface area contributed by atoms with Gasteiger partial charge in [-0.3, -0.25) is 20.4 Å². The third kappa shape index (κ3) is 5.48. The second kappa shape index (κ2) is 9.43. The Morgan fingerprint density at radius 1 is 1.00 bits per heavy atom. The van der Waals surface area contributed by atoms with Crippen molar-refractivity contribution in [1.29, 1.82) is 0 Å². The molecule has 0 saturated heterocycles. The van der Waals surface area contributed by atoms with Gasteiger partial charge in [0.15, 0.2) is 6.61 Å². The van der Waals surface area contributed by atoms with Gasteiger partial charge in [-0.25, -0.2) is 0 Å². The molecule has 6 nitrogen and oxygen atoms in total. The Bertz CT molecular complexity index is 1040. The predicted molar refractivity (Wildman–Crippen MR) is 115 cm³/mol. The van der Waals surface area contributed by atoms with Gasteiger partial charge in [0, 0.05) is 5.56 Å². The van der Waals surface area contributed by atoms with Crippen molar-refractivity contribution in [2.24, 2.45) is 0 Å². The second-order valence-corrected chi connectivity index (χ2v) is 7.38. The van der Waals surface area contributed by atoms with Gasteiger partial charge in [0.05, 0.1) is 10.6 Å². The third-order valence-electron chi connectivity index (χ3n) is 3.97. The number of halogens is 1. The normalized spacial score (nSPS) is 10.6. The molecule has 29 heavy (non-hydrogen) atoms. The van der Waals surface area contributed by atoms with Crippen LogP contribution in [0.4, 0.5) is 0 Å². The Labute approximate surface area is 177 Å². The summed E-state index contributed by atoms with van der Waals surface area (Å²) in [5, 5.41) is 2.05. The summed E-state index contributed by atoms with van der Waals surface area (Å²) in [5.41, 5.74) is 5.10. The van der Waals surface area contributed by atoms with Crippen molar-refractivity contribution < 1.29 is 19.1 Å². The maximum absolute atomic E-state index is 12.2. The fourth-order valence-corrected chi connectivity index (χ4v) is 3.29. The molecule has 150 valence electrons. The summed E-state index contributed by atoms with van der Waals surface area (Å²) in [5.74, 6) is 0.208. The SMILES string of the molecule is CC(C)Oc1cccc(C(=O)NNC(=O)COc2ccc3ccccc3c2Br)c1. The molecule has 0 spiro atoms. The first-order valence-corrected chi connectivity index (χ1v) is 9.89. The molecule has 0 unspecified atom stereocenters. The first-order chi connectivity index (χ1) is 13.9. The number of hydrogen-bond donors (Lipinski definition) is 2. The second-order valence-electron chi connectivity index (χ2n) is 6.58. The van der Waals surface area contributed by atoms with E-state index in [1.165, 1.54) is 0 Å². The number of carbonyl (C=O) groups excluding carboxylic acids is 2. The van der Waals surface area contributed by atoms with E-state index in [-0.39, 0.29) is 12.7 Å². The zero-order valence-corrected chi connectivity index (χ0v) is 17.7. The number of ether oxygens (including phenoxy) is 2. The van der Waals surface area contributed by atoms with E-state index in [2.05, 4.69) is 26.8 Å². The zero-order valence-electron chi connectivity index (χ0n) is 16.1. The fourth-order valence-electron chi connectivity index (χ4n) is 2.69. The Morgan fingerprint density at radius 2 is 1.79 bits per heavy atom. The highest BCUT2D eigenvalue weighted by molar-refractivity contribution is 9.10. The number of nitrogens with one attached hydrogen (secondary N) is 2. The van der Waals surface area contributed by atoms with Crippen LogP contribution in [-0.4, -0.2) is 24.5 Å². The summed E-state index contributed by atoms with van der Waals surface area (Å²) in [6.45, 7) is 3.56. The van der Waals surface area contributed by atoms with Crippen LogP contribution < -0.4 is 20.3 Å². The van der Waals surface area contributed by atoms with Gasteiger partial charge in [0.2, 0.25) is 0 Å². The van der Waals surface area contributed by atoms with Crippen molar-refractivity contribution in [3.05, 3.63) is 70.7 Å². The molecule has 2 N–H and O–H groups in total. The quantitative estimate of drug-likeness (QED) is 0.544. The van der Waals surface area contributed by atoms with E-state index in [0.717, 1.165) is 15.2 Å². The van der Waals surface area contributed by atoms with Gasteiger partial charge in [0.25, 0.3) is 11.8 Å². The topological polar surface area (TPSA) is 76.7 Å². The minimum atomic E-state index is -0.479. The van der Waals surface area contributed by atoms with Gasteiger partial charge >= 0.3 is 0 Å². The van der Waals surface area contributed by atoms with Crippen molar-refractivity contribution >= 4 is 38.5 Å². The van der Waals surface area contributed by atoms with Crippen LogP contribution in [0.15, 0.2) is 65.1 Å². The zero-order chi connectivity index (χ0) is 20.8. The maximum Gasteiger partial charge on any atom is 0.276 e.